The zero-order valence-corrected chi connectivity index (χ0v) is 15.3. The molecule has 8 nitrogen and oxygen atoms in total. The molecular formula is C19H24N4O4. The van der Waals surface area contributed by atoms with Crippen molar-refractivity contribution in [2.45, 2.75) is 43.4 Å². The first-order valence-corrected chi connectivity index (χ1v) is 9.19. The number of nitrogens with one attached hydrogen (secondary N) is 1. The molecule has 2 aliphatic heterocycles. The molecule has 4 rings (SSSR count). The summed E-state index contributed by atoms with van der Waals surface area (Å²) in [6.45, 7) is 3.64. The molecule has 4 heterocycles. The zero-order valence-electron chi connectivity index (χ0n) is 15.3. The molecule has 0 unspecified atom stereocenters. The Bertz CT molecular complexity index is 774. The van der Waals surface area contributed by atoms with Gasteiger partial charge in [0.2, 0.25) is 0 Å². The summed E-state index contributed by atoms with van der Waals surface area (Å²) in [5.74, 6) is 0.772. The smallest absolute Gasteiger partial charge is 0.287 e. The van der Waals surface area contributed by atoms with Crippen LogP contribution in [0.15, 0.2) is 41.4 Å². The number of rotatable bonds is 3. The maximum absolute atomic E-state index is 12.5. The molecule has 0 aliphatic carbocycles. The highest BCUT2D eigenvalue weighted by molar-refractivity contribution is 5.92. The maximum atomic E-state index is 12.5. The molecule has 2 aromatic heterocycles. The molecule has 1 spiro atoms. The molecule has 8 heteroatoms. The van der Waals surface area contributed by atoms with E-state index in [1.807, 2.05) is 6.92 Å². The molecule has 2 aliphatic rings. The van der Waals surface area contributed by atoms with Crippen LogP contribution in [0.2, 0.25) is 0 Å². The summed E-state index contributed by atoms with van der Waals surface area (Å²) in [4.78, 5) is 23.1. The minimum absolute atomic E-state index is 0.195. The van der Waals surface area contributed by atoms with Crippen molar-refractivity contribution >= 4 is 11.7 Å². The molecule has 2 saturated heterocycles. The number of aromatic nitrogens is 2. The number of ether oxygens (including phenoxy) is 1. The standard InChI is InChI=1S/C19H24N4O4/c1-18(22-17(25)14-3-2-10-26-14)13-19(27-12-15(18)24)4-8-23(9-5-19)16-11-20-6-7-21-16/h2-3,6-7,10-11,15,24H,4-5,8-9,12-13H2,1H3,(H,22,25)/t15-,18-/m1/s1. The second kappa shape index (κ2) is 6.94. The third-order valence-corrected chi connectivity index (χ3v) is 5.66. The van der Waals surface area contributed by atoms with E-state index in [1.165, 1.54) is 6.26 Å². The van der Waals surface area contributed by atoms with E-state index in [0.29, 0.717) is 6.42 Å². The predicted octanol–water partition coefficient (Wildman–Crippen LogP) is 1.38. The zero-order chi connectivity index (χ0) is 18.9. The van der Waals surface area contributed by atoms with Crippen LogP contribution in [0.1, 0.15) is 36.7 Å². The summed E-state index contributed by atoms with van der Waals surface area (Å²) in [6, 6.07) is 3.28. The number of furan rings is 1. The normalized spacial score (nSPS) is 27.5. The first-order chi connectivity index (χ1) is 13.0. The first-order valence-electron chi connectivity index (χ1n) is 9.19. The number of aliphatic hydroxyl groups excluding tert-OH is 1. The maximum Gasteiger partial charge on any atom is 0.287 e. The summed E-state index contributed by atoms with van der Waals surface area (Å²) < 4.78 is 11.3. The van der Waals surface area contributed by atoms with Crippen LogP contribution in [0.5, 0.6) is 0 Å². The second-order valence-electron chi connectivity index (χ2n) is 7.59. The van der Waals surface area contributed by atoms with Crippen molar-refractivity contribution in [1.82, 2.24) is 15.3 Å². The number of anilines is 1. The van der Waals surface area contributed by atoms with E-state index in [9.17, 15) is 9.90 Å². The number of carbonyl (C=O) groups excluding carboxylic acids is 1. The lowest BCUT2D eigenvalue weighted by Gasteiger charge is -2.52. The van der Waals surface area contributed by atoms with Crippen molar-refractivity contribution < 1.29 is 19.1 Å². The SMILES string of the molecule is C[C@@]1(NC(=O)c2ccco2)CC2(CCN(c3cnccn3)CC2)OC[C@H]1O. The van der Waals surface area contributed by atoms with Crippen LogP contribution in [-0.2, 0) is 4.74 Å². The molecule has 2 aromatic rings. The summed E-state index contributed by atoms with van der Waals surface area (Å²) in [5.41, 5.74) is -1.15. The van der Waals surface area contributed by atoms with Crippen LogP contribution in [0.3, 0.4) is 0 Å². The lowest BCUT2D eigenvalue weighted by molar-refractivity contribution is -0.167. The second-order valence-corrected chi connectivity index (χ2v) is 7.59. The topological polar surface area (TPSA) is 101 Å². The van der Waals surface area contributed by atoms with Crippen LogP contribution < -0.4 is 10.2 Å². The molecule has 27 heavy (non-hydrogen) atoms. The van der Waals surface area contributed by atoms with Gasteiger partial charge in [0, 0.05) is 31.9 Å². The van der Waals surface area contributed by atoms with Gasteiger partial charge in [-0.25, -0.2) is 4.98 Å². The van der Waals surface area contributed by atoms with Gasteiger partial charge < -0.3 is 24.5 Å². The monoisotopic (exact) mass is 372 g/mol. The van der Waals surface area contributed by atoms with E-state index >= 15 is 0 Å². The summed E-state index contributed by atoms with van der Waals surface area (Å²) in [6.07, 6.45) is 7.92. The number of hydrogen-bond acceptors (Lipinski definition) is 7. The molecule has 2 fully saturated rings. The number of aliphatic hydroxyl groups is 1. The van der Waals surface area contributed by atoms with E-state index < -0.39 is 11.6 Å². The van der Waals surface area contributed by atoms with E-state index in [2.05, 4.69) is 20.2 Å². The fraction of sp³-hybridized carbons (Fsp3) is 0.526. The summed E-state index contributed by atoms with van der Waals surface area (Å²) >= 11 is 0. The van der Waals surface area contributed by atoms with Crippen molar-refractivity contribution in [2.75, 3.05) is 24.6 Å². The summed E-state index contributed by atoms with van der Waals surface area (Å²) in [5, 5.41) is 13.5. The quantitative estimate of drug-likeness (QED) is 0.839. The van der Waals surface area contributed by atoms with E-state index in [4.69, 9.17) is 9.15 Å². The van der Waals surface area contributed by atoms with Crippen LogP contribution >= 0.6 is 0 Å². The van der Waals surface area contributed by atoms with Gasteiger partial charge in [0.25, 0.3) is 5.91 Å². The fourth-order valence-electron chi connectivity index (χ4n) is 4.05. The predicted molar refractivity (Wildman–Crippen MR) is 97.4 cm³/mol. The van der Waals surface area contributed by atoms with Gasteiger partial charge in [0.05, 0.1) is 30.2 Å². The lowest BCUT2D eigenvalue weighted by Crippen LogP contribution is -2.65. The molecule has 1 amide bonds. The Morgan fingerprint density at radius 3 is 2.85 bits per heavy atom. The van der Waals surface area contributed by atoms with Gasteiger partial charge in [-0.05, 0) is 31.9 Å². The largest absolute Gasteiger partial charge is 0.459 e. The molecular weight excluding hydrogens is 348 g/mol. The molecule has 144 valence electrons. The highest BCUT2D eigenvalue weighted by Gasteiger charge is 2.50. The van der Waals surface area contributed by atoms with Crippen LogP contribution in [-0.4, -0.2) is 57.9 Å². The van der Waals surface area contributed by atoms with Gasteiger partial charge in [0.15, 0.2) is 5.76 Å². The fourth-order valence-corrected chi connectivity index (χ4v) is 4.05. The van der Waals surface area contributed by atoms with Crippen molar-refractivity contribution in [3.8, 4) is 0 Å². The van der Waals surface area contributed by atoms with Gasteiger partial charge >= 0.3 is 0 Å². The van der Waals surface area contributed by atoms with Crippen molar-refractivity contribution in [2.24, 2.45) is 0 Å². The molecule has 2 atom stereocenters. The summed E-state index contributed by atoms with van der Waals surface area (Å²) in [7, 11) is 0. The van der Waals surface area contributed by atoms with Crippen LogP contribution in [0.25, 0.3) is 0 Å². The Balaban J connectivity index is 1.45. The molecule has 0 saturated carbocycles. The number of amides is 1. The molecule has 0 aromatic carbocycles. The average molecular weight is 372 g/mol. The first kappa shape index (κ1) is 17.9. The molecule has 0 radical (unpaired) electrons. The lowest BCUT2D eigenvalue weighted by atomic mass is 9.74. The van der Waals surface area contributed by atoms with Gasteiger partial charge in [-0.1, -0.05) is 0 Å². The minimum Gasteiger partial charge on any atom is -0.459 e. The number of hydrogen-bond donors (Lipinski definition) is 2. The Morgan fingerprint density at radius 2 is 2.19 bits per heavy atom. The van der Waals surface area contributed by atoms with Crippen molar-refractivity contribution in [3.05, 3.63) is 42.7 Å². The van der Waals surface area contributed by atoms with Gasteiger partial charge in [-0.3, -0.25) is 9.78 Å². The number of piperidine rings is 1. The number of carbonyl (C=O) groups is 1. The van der Waals surface area contributed by atoms with Gasteiger partial charge in [0.1, 0.15) is 11.9 Å². The molecule has 0 bridgehead atoms. The Labute approximate surface area is 157 Å². The van der Waals surface area contributed by atoms with E-state index in [-0.39, 0.29) is 23.9 Å². The average Bonchev–Trinajstić information content (AvgIpc) is 3.22. The van der Waals surface area contributed by atoms with Gasteiger partial charge in [-0.15, -0.1) is 0 Å². The number of nitrogens with zero attached hydrogens (tertiary/aromatic N) is 3. The van der Waals surface area contributed by atoms with Crippen LogP contribution in [0, 0.1) is 0 Å². The van der Waals surface area contributed by atoms with E-state index in [0.717, 1.165) is 31.7 Å². The van der Waals surface area contributed by atoms with Crippen molar-refractivity contribution in [3.63, 3.8) is 0 Å². The van der Waals surface area contributed by atoms with Crippen LogP contribution in [0.4, 0.5) is 5.82 Å². The van der Waals surface area contributed by atoms with E-state index in [1.54, 1.807) is 30.7 Å². The highest BCUT2D eigenvalue weighted by atomic mass is 16.5. The van der Waals surface area contributed by atoms with Gasteiger partial charge in [-0.2, -0.15) is 0 Å². The van der Waals surface area contributed by atoms with Crippen molar-refractivity contribution in [1.29, 1.82) is 0 Å². The Morgan fingerprint density at radius 1 is 1.37 bits per heavy atom. The highest BCUT2D eigenvalue weighted by Crippen LogP contribution is 2.40. The Kier molecular flexibility index (Phi) is 4.61. The minimum atomic E-state index is -0.781. The Hall–Kier alpha value is -2.45. The third-order valence-electron chi connectivity index (χ3n) is 5.66. The molecule has 2 N–H and O–H groups in total. The third kappa shape index (κ3) is 3.54.